The first kappa shape index (κ1) is 14.5. The molecule has 18 heavy (non-hydrogen) atoms. The smallest absolute Gasteiger partial charge is 0.326 e. The minimum absolute atomic E-state index is 0.397. The van der Waals surface area contributed by atoms with Crippen molar-refractivity contribution in [2.24, 2.45) is 0 Å². The van der Waals surface area contributed by atoms with Crippen LogP contribution in [0.3, 0.4) is 0 Å². The third-order valence-corrected chi connectivity index (χ3v) is 3.46. The van der Waals surface area contributed by atoms with Gasteiger partial charge in [-0.15, -0.1) is 11.3 Å². The zero-order chi connectivity index (χ0) is 13.7. The molecule has 1 rings (SSSR count). The molecule has 0 aromatic carbocycles. The molecule has 0 aliphatic rings. The minimum atomic E-state index is -1.02. The highest BCUT2D eigenvalue weighted by molar-refractivity contribution is 7.14. The van der Waals surface area contributed by atoms with Gasteiger partial charge in [0.2, 0.25) is 0 Å². The Hall–Kier alpha value is -1.56. The molecule has 6 heteroatoms. The SMILES string of the molecule is CCCC(NC(=O)c1sc(C)cc1OC)C(=O)O. The molecule has 1 aromatic heterocycles. The van der Waals surface area contributed by atoms with Gasteiger partial charge < -0.3 is 15.2 Å². The molecule has 0 fully saturated rings. The van der Waals surface area contributed by atoms with Crippen LogP contribution in [0.15, 0.2) is 6.07 Å². The van der Waals surface area contributed by atoms with E-state index in [-0.39, 0.29) is 0 Å². The standard InChI is InChI=1S/C12H17NO4S/c1-4-5-8(12(15)16)13-11(14)10-9(17-3)6-7(2)18-10/h6,8H,4-5H2,1-3H3,(H,13,14)(H,15,16). The summed E-state index contributed by atoms with van der Waals surface area (Å²) in [7, 11) is 1.49. The van der Waals surface area contributed by atoms with Crippen molar-refractivity contribution >= 4 is 23.2 Å². The fourth-order valence-corrected chi connectivity index (χ4v) is 2.45. The summed E-state index contributed by atoms with van der Waals surface area (Å²) in [6, 6.07) is 0.907. The van der Waals surface area contributed by atoms with Crippen LogP contribution in [0.1, 0.15) is 34.3 Å². The summed E-state index contributed by atoms with van der Waals surface area (Å²) in [5.41, 5.74) is 0. The van der Waals surface area contributed by atoms with E-state index in [1.807, 2.05) is 13.8 Å². The Morgan fingerprint density at radius 1 is 1.56 bits per heavy atom. The van der Waals surface area contributed by atoms with E-state index in [4.69, 9.17) is 9.84 Å². The molecule has 1 unspecified atom stereocenters. The predicted octanol–water partition coefficient (Wildman–Crippen LogP) is 2.05. The predicted molar refractivity (Wildman–Crippen MR) is 69.4 cm³/mol. The molecule has 0 aliphatic carbocycles. The van der Waals surface area contributed by atoms with E-state index >= 15 is 0 Å². The molecule has 1 aromatic rings. The molecule has 0 spiro atoms. The van der Waals surface area contributed by atoms with Crippen molar-refractivity contribution in [2.45, 2.75) is 32.7 Å². The number of aliphatic carboxylic acids is 1. The van der Waals surface area contributed by atoms with Gasteiger partial charge in [0.1, 0.15) is 16.7 Å². The Bertz CT molecular complexity index is 441. The first-order chi connectivity index (χ1) is 8.49. The van der Waals surface area contributed by atoms with Crippen LogP contribution in [0.5, 0.6) is 5.75 Å². The minimum Gasteiger partial charge on any atom is -0.495 e. The van der Waals surface area contributed by atoms with Gasteiger partial charge in [-0.25, -0.2) is 4.79 Å². The Labute approximate surface area is 110 Å². The normalized spacial score (nSPS) is 11.9. The third kappa shape index (κ3) is 3.46. The fraction of sp³-hybridized carbons (Fsp3) is 0.500. The van der Waals surface area contributed by atoms with Crippen LogP contribution in [-0.4, -0.2) is 30.1 Å². The lowest BCUT2D eigenvalue weighted by atomic mass is 10.1. The van der Waals surface area contributed by atoms with Crippen molar-refractivity contribution in [2.75, 3.05) is 7.11 Å². The van der Waals surface area contributed by atoms with Gasteiger partial charge in [-0.2, -0.15) is 0 Å². The fourth-order valence-electron chi connectivity index (χ4n) is 1.57. The first-order valence-electron chi connectivity index (χ1n) is 5.67. The van der Waals surface area contributed by atoms with Gasteiger partial charge in [-0.1, -0.05) is 13.3 Å². The van der Waals surface area contributed by atoms with Crippen LogP contribution in [0, 0.1) is 6.92 Å². The maximum atomic E-state index is 12.0. The number of ether oxygens (including phenoxy) is 1. The van der Waals surface area contributed by atoms with Gasteiger partial charge in [0.15, 0.2) is 0 Å². The highest BCUT2D eigenvalue weighted by Gasteiger charge is 2.23. The summed E-state index contributed by atoms with van der Waals surface area (Å²) in [5.74, 6) is -0.932. The molecule has 0 saturated heterocycles. The molecule has 100 valence electrons. The topological polar surface area (TPSA) is 75.6 Å². The summed E-state index contributed by atoms with van der Waals surface area (Å²) >= 11 is 1.29. The zero-order valence-corrected chi connectivity index (χ0v) is 11.5. The number of carboxylic acid groups (broad SMARTS) is 1. The second kappa shape index (κ2) is 6.39. The van der Waals surface area contributed by atoms with E-state index in [1.54, 1.807) is 6.07 Å². The molecule has 1 atom stereocenters. The number of rotatable bonds is 6. The molecule has 2 N–H and O–H groups in total. The van der Waals surface area contributed by atoms with Crippen LogP contribution in [0.4, 0.5) is 0 Å². The van der Waals surface area contributed by atoms with Gasteiger partial charge >= 0.3 is 5.97 Å². The van der Waals surface area contributed by atoms with E-state index in [0.29, 0.717) is 23.5 Å². The third-order valence-electron chi connectivity index (χ3n) is 2.43. The number of carboxylic acids is 1. The Morgan fingerprint density at radius 3 is 2.72 bits per heavy atom. The number of nitrogens with one attached hydrogen (secondary N) is 1. The highest BCUT2D eigenvalue weighted by atomic mass is 32.1. The maximum Gasteiger partial charge on any atom is 0.326 e. The van der Waals surface area contributed by atoms with E-state index in [0.717, 1.165) is 4.88 Å². The molecular weight excluding hydrogens is 254 g/mol. The van der Waals surface area contributed by atoms with Gasteiger partial charge in [-0.05, 0) is 19.4 Å². The van der Waals surface area contributed by atoms with Crippen LogP contribution < -0.4 is 10.1 Å². The quantitative estimate of drug-likeness (QED) is 0.830. The number of carbonyl (C=O) groups is 2. The molecule has 0 saturated carbocycles. The van der Waals surface area contributed by atoms with Crippen molar-refractivity contribution in [3.63, 3.8) is 0 Å². The zero-order valence-electron chi connectivity index (χ0n) is 10.6. The molecule has 5 nitrogen and oxygen atoms in total. The monoisotopic (exact) mass is 271 g/mol. The molecular formula is C12H17NO4S. The Morgan fingerprint density at radius 2 is 2.22 bits per heavy atom. The number of amides is 1. The number of hydrogen-bond donors (Lipinski definition) is 2. The van der Waals surface area contributed by atoms with Gasteiger partial charge in [0.05, 0.1) is 7.11 Å². The number of aryl methyl sites for hydroxylation is 1. The Balaban J connectivity index is 2.83. The molecule has 0 aliphatic heterocycles. The molecule has 0 radical (unpaired) electrons. The van der Waals surface area contributed by atoms with Crippen LogP contribution in [0.25, 0.3) is 0 Å². The van der Waals surface area contributed by atoms with E-state index in [1.165, 1.54) is 18.4 Å². The summed E-state index contributed by atoms with van der Waals surface area (Å²) in [6.07, 6.45) is 1.10. The molecule has 1 heterocycles. The second-order valence-electron chi connectivity index (χ2n) is 3.91. The van der Waals surface area contributed by atoms with Crippen molar-refractivity contribution in [3.05, 3.63) is 15.8 Å². The van der Waals surface area contributed by atoms with Crippen LogP contribution >= 0.6 is 11.3 Å². The summed E-state index contributed by atoms with van der Waals surface area (Å²) in [4.78, 5) is 24.3. The van der Waals surface area contributed by atoms with Crippen LogP contribution in [-0.2, 0) is 4.79 Å². The van der Waals surface area contributed by atoms with Crippen LogP contribution in [0.2, 0.25) is 0 Å². The average molecular weight is 271 g/mol. The van der Waals surface area contributed by atoms with E-state index < -0.39 is 17.9 Å². The lowest BCUT2D eigenvalue weighted by Gasteiger charge is -2.13. The summed E-state index contributed by atoms with van der Waals surface area (Å²) in [5, 5.41) is 11.5. The maximum absolute atomic E-state index is 12.0. The molecule has 1 amide bonds. The van der Waals surface area contributed by atoms with Gasteiger partial charge in [0.25, 0.3) is 5.91 Å². The first-order valence-corrected chi connectivity index (χ1v) is 6.49. The largest absolute Gasteiger partial charge is 0.495 e. The number of thiophene rings is 1. The summed E-state index contributed by atoms with van der Waals surface area (Å²) < 4.78 is 5.09. The van der Waals surface area contributed by atoms with Crippen molar-refractivity contribution < 1.29 is 19.4 Å². The number of methoxy groups -OCH3 is 1. The number of hydrogen-bond acceptors (Lipinski definition) is 4. The van der Waals surface area contributed by atoms with Crippen molar-refractivity contribution in [1.82, 2.24) is 5.32 Å². The number of carbonyl (C=O) groups excluding carboxylic acids is 1. The summed E-state index contributed by atoms with van der Waals surface area (Å²) in [6.45, 7) is 3.74. The van der Waals surface area contributed by atoms with Gasteiger partial charge in [-0.3, -0.25) is 4.79 Å². The Kier molecular flexibility index (Phi) is 5.15. The lowest BCUT2D eigenvalue weighted by Crippen LogP contribution is -2.40. The van der Waals surface area contributed by atoms with E-state index in [2.05, 4.69) is 5.32 Å². The highest BCUT2D eigenvalue weighted by Crippen LogP contribution is 2.28. The van der Waals surface area contributed by atoms with Gasteiger partial charge in [0, 0.05) is 4.88 Å². The molecule has 0 bridgehead atoms. The lowest BCUT2D eigenvalue weighted by molar-refractivity contribution is -0.139. The van der Waals surface area contributed by atoms with E-state index in [9.17, 15) is 9.59 Å². The second-order valence-corrected chi connectivity index (χ2v) is 5.16. The van der Waals surface area contributed by atoms with Crippen molar-refractivity contribution in [3.8, 4) is 5.75 Å². The average Bonchev–Trinajstić information content (AvgIpc) is 2.69. The van der Waals surface area contributed by atoms with Crippen molar-refractivity contribution in [1.29, 1.82) is 0 Å².